The number of benzene rings is 1. The van der Waals surface area contributed by atoms with E-state index in [2.05, 4.69) is 5.32 Å². The first-order valence-corrected chi connectivity index (χ1v) is 4.94. The molecule has 0 bridgehead atoms. The zero-order chi connectivity index (χ0) is 11.0. The van der Waals surface area contributed by atoms with E-state index in [0.29, 0.717) is 5.56 Å². The normalized spacial score (nSPS) is 23.6. The highest BCUT2D eigenvalue weighted by molar-refractivity contribution is 5.95. The number of phenols is 1. The van der Waals surface area contributed by atoms with Gasteiger partial charge in [0.15, 0.2) is 0 Å². The molecule has 1 fully saturated rings. The molecule has 1 amide bonds. The number of carbonyl (C=O) groups is 1. The van der Waals surface area contributed by atoms with Crippen molar-refractivity contribution in [2.45, 2.75) is 25.4 Å². The van der Waals surface area contributed by atoms with Crippen molar-refractivity contribution in [3.05, 3.63) is 29.3 Å². The third-order valence-electron chi connectivity index (χ3n) is 2.63. The summed E-state index contributed by atoms with van der Waals surface area (Å²) in [6.45, 7) is 1.79. The number of amides is 1. The van der Waals surface area contributed by atoms with Crippen molar-refractivity contribution in [1.82, 2.24) is 5.32 Å². The Labute approximate surface area is 88.1 Å². The fraction of sp³-hybridized carbons (Fsp3) is 0.364. The predicted octanol–water partition coefficient (Wildman–Crippen LogP) is 0.530. The van der Waals surface area contributed by atoms with E-state index in [9.17, 15) is 9.90 Å². The smallest absolute Gasteiger partial charge is 0.251 e. The number of nitrogens with two attached hydrogens (primary N) is 1. The molecule has 0 spiro atoms. The monoisotopic (exact) mass is 206 g/mol. The lowest BCUT2D eigenvalue weighted by molar-refractivity contribution is 0.0950. The van der Waals surface area contributed by atoms with Crippen LogP contribution in [0.3, 0.4) is 0 Å². The highest BCUT2D eigenvalue weighted by atomic mass is 16.3. The standard InChI is InChI=1S/C11H14N2O2/c1-6-2-3-7(4-10(6)14)11(15)13-9-5-8(9)12/h2-4,8-9,14H,5,12H2,1H3,(H,13,15). The van der Waals surface area contributed by atoms with Gasteiger partial charge < -0.3 is 16.2 Å². The summed E-state index contributed by atoms with van der Waals surface area (Å²) in [5, 5.41) is 12.2. The Morgan fingerprint density at radius 1 is 1.60 bits per heavy atom. The Kier molecular flexibility index (Phi) is 2.36. The largest absolute Gasteiger partial charge is 0.508 e. The van der Waals surface area contributed by atoms with Gasteiger partial charge in [0, 0.05) is 17.6 Å². The predicted molar refractivity (Wildman–Crippen MR) is 56.7 cm³/mol. The second-order valence-corrected chi connectivity index (χ2v) is 3.98. The first kappa shape index (κ1) is 9.98. The maximum Gasteiger partial charge on any atom is 0.251 e. The van der Waals surface area contributed by atoms with E-state index < -0.39 is 0 Å². The molecule has 15 heavy (non-hydrogen) atoms. The molecule has 0 heterocycles. The van der Waals surface area contributed by atoms with Crippen LogP contribution in [0.25, 0.3) is 0 Å². The van der Waals surface area contributed by atoms with E-state index in [-0.39, 0.29) is 23.7 Å². The van der Waals surface area contributed by atoms with Gasteiger partial charge >= 0.3 is 0 Å². The summed E-state index contributed by atoms with van der Waals surface area (Å²) in [5.41, 5.74) is 6.81. The Bertz CT molecular complexity index is 404. The van der Waals surface area contributed by atoms with Gasteiger partial charge in [0.25, 0.3) is 5.91 Å². The van der Waals surface area contributed by atoms with Gasteiger partial charge in [-0.15, -0.1) is 0 Å². The highest BCUT2D eigenvalue weighted by Gasteiger charge is 2.34. The Morgan fingerprint density at radius 3 is 2.80 bits per heavy atom. The van der Waals surface area contributed by atoms with Crippen LogP contribution in [0, 0.1) is 6.92 Å². The van der Waals surface area contributed by atoms with Crippen LogP contribution in [0.4, 0.5) is 0 Å². The maximum atomic E-state index is 11.6. The van der Waals surface area contributed by atoms with Crippen LogP contribution in [-0.2, 0) is 0 Å². The second kappa shape index (κ2) is 3.55. The van der Waals surface area contributed by atoms with Crippen LogP contribution in [0.1, 0.15) is 22.3 Å². The molecule has 4 heteroatoms. The third kappa shape index (κ3) is 2.10. The zero-order valence-corrected chi connectivity index (χ0v) is 8.53. The molecule has 2 atom stereocenters. The van der Waals surface area contributed by atoms with Crippen molar-refractivity contribution in [2.75, 3.05) is 0 Å². The molecular formula is C11H14N2O2. The number of phenolic OH excluding ortho intramolecular Hbond substituents is 1. The molecule has 4 nitrogen and oxygen atoms in total. The van der Waals surface area contributed by atoms with Gasteiger partial charge in [-0.25, -0.2) is 0 Å². The Hall–Kier alpha value is -1.55. The Balaban J connectivity index is 2.08. The minimum atomic E-state index is -0.178. The Morgan fingerprint density at radius 2 is 2.27 bits per heavy atom. The van der Waals surface area contributed by atoms with Gasteiger partial charge in [-0.2, -0.15) is 0 Å². The number of aromatic hydroxyl groups is 1. The molecule has 2 rings (SSSR count). The van der Waals surface area contributed by atoms with Crippen molar-refractivity contribution < 1.29 is 9.90 Å². The van der Waals surface area contributed by atoms with Crippen molar-refractivity contribution in [3.63, 3.8) is 0 Å². The molecule has 0 radical (unpaired) electrons. The third-order valence-corrected chi connectivity index (χ3v) is 2.63. The molecule has 2 unspecified atom stereocenters. The van der Waals surface area contributed by atoms with E-state index >= 15 is 0 Å². The fourth-order valence-corrected chi connectivity index (χ4v) is 1.38. The summed E-state index contributed by atoms with van der Waals surface area (Å²) in [4.78, 5) is 11.6. The van der Waals surface area contributed by atoms with E-state index in [4.69, 9.17) is 5.73 Å². The molecule has 0 aromatic heterocycles. The molecule has 1 aromatic rings. The molecule has 0 aliphatic heterocycles. The minimum absolute atomic E-state index is 0.0907. The molecule has 1 aliphatic carbocycles. The summed E-state index contributed by atoms with van der Waals surface area (Å²) in [6.07, 6.45) is 0.837. The molecule has 1 aliphatic rings. The van der Waals surface area contributed by atoms with Gasteiger partial charge in [0.2, 0.25) is 0 Å². The number of hydrogen-bond donors (Lipinski definition) is 3. The van der Waals surface area contributed by atoms with Gasteiger partial charge in [-0.3, -0.25) is 4.79 Å². The summed E-state index contributed by atoms with van der Waals surface area (Å²) < 4.78 is 0. The van der Waals surface area contributed by atoms with Crippen LogP contribution in [0.2, 0.25) is 0 Å². The molecule has 1 saturated carbocycles. The summed E-state index contributed by atoms with van der Waals surface area (Å²) in [5.74, 6) is -0.0361. The average molecular weight is 206 g/mol. The summed E-state index contributed by atoms with van der Waals surface area (Å²) >= 11 is 0. The number of rotatable bonds is 2. The number of carbonyl (C=O) groups excluding carboxylic acids is 1. The number of nitrogens with one attached hydrogen (secondary N) is 1. The summed E-state index contributed by atoms with van der Waals surface area (Å²) in [6, 6.07) is 5.07. The zero-order valence-electron chi connectivity index (χ0n) is 8.53. The van der Waals surface area contributed by atoms with Crippen LogP contribution in [-0.4, -0.2) is 23.1 Å². The van der Waals surface area contributed by atoms with Crippen molar-refractivity contribution in [3.8, 4) is 5.75 Å². The first-order valence-electron chi connectivity index (χ1n) is 4.94. The molecular weight excluding hydrogens is 192 g/mol. The van der Waals surface area contributed by atoms with Gasteiger partial charge in [-0.1, -0.05) is 6.07 Å². The fourth-order valence-electron chi connectivity index (χ4n) is 1.38. The minimum Gasteiger partial charge on any atom is -0.508 e. The van der Waals surface area contributed by atoms with E-state index in [1.165, 1.54) is 6.07 Å². The number of aryl methyl sites for hydroxylation is 1. The van der Waals surface area contributed by atoms with Crippen molar-refractivity contribution in [2.24, 2.45) is 5.73 Å². The van der Waals surface area contributed by atoms with Crippen molar-refractivity contribution in [1.29, 1.82) is 0 Å². The molecule has 4 N–H and O–H groups in total. The maximum absolute atomic E-state index is 11.6. The lowest BCUT2D eigenvalue weighted by Crippen LogP contribution is -2.29. The van der Waals surface area contributed by atoms with E-state index in [0.717, 1.165) is 12.0 Å². The molecule has 1 aromatic carbocycles. The molecule has 80 valence electrons. The van der Waals surface area contributed by atoms with Gasteiger partial charge in [0.1, 0.15) is 5.75 Å². The quantitative estimate of drug-likeness (QED) is 0.660. The van der Waals surface area contributed by atoms with Crippen LogP contribution < -0.4 is 11.1 Å². The SMILES string of the molecule is Cc1ccc(C(=O)NC2CC2N)cc1O. The highest BCUT2D eigenvalue weighted by Crippen LogP contribution is 2.20. The van der Waals surface area contributed by atoms with Crippen LogP contribution >= 0.6 is 0 Å². The number of hydrogen-bond acceptors (Lipinski definition) is 3. The van der Waals surface area contributed by atoms with Crippen LogP contribution in [0.5, 0.6) is 5.75 Å². The second-order valence-electron chi connectivity index (χ2n) is 3.98. The topological polar surface area (TPSA) is 75.4 Å². The molecule has 0 saturated heterocycles. The van der Waals surface area contributed by atoms with E-state index in [1.54, 1.807) is 19.1 Å². The van der Waals surface area contributed by atoms with Crippen LogP contribution in [0.15, 0.2) is 18.2 Å². The summed E-state index contributed by atoms with van der Waals surface area (Å²) in [7, 11) is 0. The van der Waals surface area contributed by atoms with Gasteiger partial charge in [-0.05, 0) is 31.0 Å². The van der Waals surface area contributed by atoms with Crippen molar-refractivity contribution >= 4 is 5.91 Å². The van der Waals surface area contributed by atoms with E-state index in [1.807, 2.05) is 0 Å². The average Bonchev–Trinajstić information content (AvgIpc) is 2.86. The lowest BCUT2D eigenvalue weighted by atomic mass is 10.1. The van der Waals surface area contributed by atoms with Gasteiger partial charge in [0.05, 0.1) is 0 Å². The first-order chi connectivity index (χ1) is 7.08. The lowest BCUT2D eigenvalue weighted by Gasteiger charge is -2.05.